The number of aromatic nitrogens is 1. The van der Waals surface area contributed by atoms with Gasteiger partial charge in [-0.05, 0) is 12.3 Å². The standard InChI is InChI=1S/C10H14N2O4/c1-7(2)3-4-11-6-8(12(15)16)5-9(11)10(13)14/h5-7H,3-4H2,1-2H3,(H,13,14). The third-order valence-electron chi connectivity index (χ3n) is 2.26. The first kappa shape index (κ1) is 12.2. The van der Waals surface area contributed by atoms with Crippen molar-refractivity contribution >= 4 is 11.7 Å². The Hall–Kier alpha value is -1.85. The van der Waals surface area contributed by atoms with Crippen molar-refractivity contribution in [2.45, 2.75) is 26.8 Å². The highest BCUT2D eigenvalue weighted by atomic mass is 16.6. The summed E-state index contributed by atoms with van der Waals surface area (Å²) in [5.41, 5.74) is -0.214. The summed E-state index contributed by atoms with van der Waals surface area (Å²) in [7, 11) is 0. The lowest BCUT2D eigenvalue weighted by atomic mass is 10.1. The molecular formula is C10H14N2O4. The molecule has 88 valence electrons. The van der Waals surface area contributed by atoms with Crippen molar-refractivity contribution < 1.29 is 14.8 Å². The fraction of sp³-hybridized carbons (Fsp3) is 0.500. The first-order valence-electron chi connectivity index (χ1n) is 4.99. The molecule has 1 N–H and O–H groups in total. The van der Waals surface area contributed by atoms with Gasteiger partial charge in [0.05, 0.1) is 11.1 Å². The minimum Gasteiger partial charge on any atom is -0.477 e. The lowest BCUT2D eigenvalue weighted by Crippen LogP contribution is -2.09. The van der Waals surface area contributed by atoms with Gasteiger partial charge in [-0.25, -0.2) is 4.79 Å². The van der Waals surface area contributed by atoms with E-state index >= 15 is 0 Å². The SMILES string of the molecule is CC(C)CCn1cc([N+](=O)[O-])cc1C(=O)O. The fourth-order valence-electron chi connectivity index (χ4n) is 1.36. The van der Waals surface area contributed by atoms with Crippen molar-refractivity contribution in [2.75, 3.05) is 0 Å². The van der Waals surface area contributed by atoms with Gasteiger partial charge in [0.15, 0.2) is 0 Å². The average Bonchev–Trinajstić information content (AvgIpc) is 2.58. The molecular weight excluding hydrogens is 212 g/mol. The summed E-state index contributed by atoms with van der Waals surface area (Å²) in [5.74, 6) is -0.722. The molecule has 0 fully saturated rings. The van der Waals surface area contributed by atoms with Gasteiger partial charge in [-0.1, -0.05) is 13.8 Å². The Bertz CT molecular complexity index is 409. The maximum Gasteiger partial charge on any atom is 0.352 e. The topological polar surface area (TPSA) is 85.4 Å². The molecule has 0 aliphatic rings. The van der Waals surface area contributed by atoms with Gasteiger partial charge in [0.25, 0.3) is 5.69 Å². The number of nitrogens with zero attached hydrogens (tertiary/aromatic N) is 2. The Morgan fingerprint density at radius 2 is 2.25 bits per heavy atom. The Morgan fingerprint density at radius 3 is 2.69 bits per heavy atom. The molecule has 1 aromatic rings. The van der Waals surface area contributed by atoms with E-state index in [1.165, 1.54) is 10.8 Å². The minimum absolute atomic E-state index is 0.0349. The summed E-state index contributed by atoms with van der Waals surface area (Å²) >= 11 is 0. The lowest BCUT2D eigenvalue weighted by Gasteiger charge is -2.07. The number of aryl methyl sites for hydroxylation is 1. The van der Waals surface area contributed by atoms with E-state index < -0.39 is 10.9 Å². The Kier molecular flexibility index (Phi) is 3.65. The van der Waals surface area contributed by atoms with Gasteiger partial charge in [0.1, 0.15) is 5.69 Å². The third kappa shape index (κ3) is 2.82. The largest absolute Gasteiger partial charge is 0.477 e. The van der Waals surface area contributed by atoms with Crippen LogP contribution in [0, 0.1) is 16.0 Å². The molecule has 1 aromatic heterocycles. The van der Waals surface area contributed by atoms with Gasteiger partial charge in [0, 0.05) is 12.6 Å². The summed E-state index contributed by atoms with van der Waals surface area (Å²) in [6.07, 6.45) is 2.05. The molecule has 0 aliphatic carbocycles. The van der Waals surface area contributed by atoms with E-state index in [1.54, 1.807) is 0 Å². The second kappa shape index (κ2) is 4.78. The summed E-state index contributed by atoms with van der Waals surface area (Å²) in [6.45, 7) is 4.50. The van der Waals surface area contributed by atoms with Gasteiger partial charge in [-0.2, -0.15) is 0 Å². The van der Waals surface area contributed by atoms with E-state index in [-0.39, 0.29) is 11.4 Å². The van der Waals surface area contributed by atoms with Gasteiger partial charge >= 0.3 is 5.97 Å². The molecule has 0 atom stereocenters. The van der Waals surface area contributed by atoms with E-state index in [0.29, 0.717) is 12.5 Å². The molecule has 6 heteroatoms. The Morgan fingerprint density at radius 1 is 1.62 bits per heavy atom. The predicted octanol–water partition coefficient (Wildman–Crippen LogP) is 2.14. The van der Waals surface area contributed by atoms with Crippen LogP contribution in [0.5, 0.6) is 0 Å². The van der Waals surface area contributed by atoms with Gasteiger partial charge in [0.2, 0.25) is 0 Å². The molecule has 0 saturated carbocycles. The van der Waals surface area contributed by atoms with Crippen LogP contribution >= 0.6 is 0 Å². The number of aromatic carboxylic acids is 1. The molecule has 0 spiro atoms. The van der Waals surface area contributed by atoms with Crippen LogP contribution in [0.15, 0.2) is 12.3 Å². The Balaban J connectivity index is 2.96. The van der Waals surface area contributed by atoms with Crippen LogP contribution in [-0.4, -0.2) is 20.6 Å². The summed E-state index contributed by atoms with van der Waals surface area (Å²) in [5, 5.41) is 19.4. The van der Waals surface area contributed by atoms with Gasteiger partial charge < -0.3 is 9.67 Å². The molecule has 6 nitrogen and oxygen atoms in total. The molecule has 0 aliphatic heterocycles. The first-order chi connectivity index (χ1) is 7.41. The molecule has 1 heterocycles. The zero-order valence-corrected chi connectivity index (χ0v) is 9.21. The van der Waals surface area contributed by atoms with Crippen LogP contribution in [0.1, 0.15) is 30.8 Å². The third-order valence-corrected chi connectivity index (χ3v) is 2.26. The smallest absolute Gasteiger partial charge is 0.352 e. The van der Waals surface area contributed by atoms with Crippen LogP contribution in [-0.2, 0) is 6.54 Å². The zero-order chi connectivity index (χ0) is 12.3. The van der Waals surface area contributed by atoms with E-state index in [9.17, 15) is 14.9 Å². The van der Waals surface area contributed by atoms with Crippen molar-refractivity contribution in [1.82, 2.24) is 4.57 Å². The van der Waals surface area contributed by atoms with Crippen LogP contribution in [0.4, 0.5) is 5.69 Å². The van der Waals surface area contributed by atoms with Crippen molar-refractivity contribution in [3.05, 3.63) is 28.1 Å². The lowest BCUT2D eigenvalue weighted by molar-refractivity contribution is -0.384. The number of hydrogen-bond donors (Lipinski definition) is 1. The van der Waals surface area contributed by atoms with Crippen LogP contribution in [0.2, 0.25) is 0 Å². The van der Waals surface area contributed by atoms with Crippen molar-refractivity contribution in [3.63, 3.8) is 0 Å². The number of rotatable bonds is 5. The normalized spacial score (nSPS) is 10.7. The first-order valence-corrected chi connectivity index (χ1v) is 4.99. The maximum absolute atomic E-state index is 10.9. The van der Waals surface area contributed by atoms with Crippen molar-refractivity contribution in [2.24, 2.45) is 5.92 Å². The maximum atomic E-state index is 10.9. The summed E-state index contributed by atoms with van der Waals surface area (Å²) in [4.78, 5) is 20.8. The molecule has 0 radical (unpaired) electrons. The van der Waals surface area contributed by atoms with Crippen LogP contribution < -0.4 is 0 Å². The molecule has 1 rings (SSSR count). The second-order valence-electron chi connectivity index (χ2n) is 4.02. The molecule has 0 saturated heterocycles. The fourth-order valence-corrected chi connectivity index (χ4v) is 1.36. The molecule has 0 bridgehead atoms. The van der Waals surface area contributed by atoms with E-state index in [1.807, 2.05) is 13.8 Å². The van der Waals surface area contributed by atoms with Crippen LogP contribution in [0.3, 0.4) is 0 Å². The molecule has 0 amide bonds. The monoisotopic (exact) mass is 226 g/mol. The number of carbonyl (C=O) groups is 1. The van der Waals surface area contributed by atoms with Gasteiger partial charge in [-0.3, -0.25) is 10.1 Å². The highest BCUT2D eigenvalue weighted by molar-refractivity contribution is 5.86. The quantitative estimate of drug-likeness (QED) is 0.615. The highest BCUT2D eigenvalue weighted by Gasteiger charge is 2.18. The molecule has 16 heavy (non-hydrogen) atoms. The zero-order valence-electron chi connectivity index (χ0n) is 9.21. The Labute approximate surface area is 92.6 Å². The van der Waals surface area contributed by atoms with Crippen molar-refractivity contribution in [3.8, 4) is 0 Å². The molecule has 0 aromatic carbocycles. The summed E-state index contributed by atoms with van der Waals surface area (Å²) in [6, 6.07) is 1.09. The van der Waals surface area contributed by atoms with E-state index in [4.69, 9.17) is 5.11 Å². The second-order valence-corrected chi connectivity index (χ2v) is 4.02. The number of carboxylic acids is 1. The van der Waals surface area contributed by atoms with Crippen molar-refractivity contribution in [1.29, 1.82) is 0 Å². The summed E-state index contributed by atoms with van der Waals surface area (Å²) < 4.78 is 1.42. The predicted molar refractivity (Wildman–Crippen MR) is 57.5 cm³/mol. The average molecular weight is 226 g/mol. The van der Waals surface area contributed by atoms with E-state index in [2.05, 4.69) is 0 Å². The number of nitro groups is 1. The van der Waals surface area contributed by atoms with E-state index in [0.717, 1.165) is 12.5 Å². The number of carboxylic acid groups (broad SMARTS) is 1. The minimum atomic E-state index is -1.14. The molecule has 0 unspecified atom stereocenters. The number of hydrogen-bond acceptors (Lipinski definition) is 3. The highest BCUT2D eigenvalue weighted by Crippen LogP contribution is 2.17. The van der Waals surface area contributed by atoms with Crippen LogP contribution in [0.25, 0.3) is 0 Å². The van der Waals surface area contributed by atoms with Gasteiger partial charge in [-0.15, -0.1) is 0 Å².